The number of aromatic nitrogens is 2. The fourth-order valence-electron chi connectivity index (χ4n) is 1.13. The lowest BCUT2D eigenvalue weighted by molar-refractivity contribution is -0.134. The molecule has 1 aromatic heterocycles. The average Bonchev–Trinajstić information content (AvgIpc) is 2.70. The monoisotopic (exact) mass is 177 g/mol. The van der Waals surface area contributed by atoms with Gasteiger partial charge in [-0.3, -0.25) is 14.5 Å². The molecule has 0 radical (unpaired) electrons. The molecule has 66 valence electrons. The predicted octanol–water partition coefficient (Wildman–Crippen LogP) is -0.277. The zero-order valence-corrected chi connectivity index (χ0v) is 6.97. The van der Waals surface area contributed by atoms with Crippen molar-refractivity contribution in [1.29, 1.82) is 0 Å². The van der Waals surface area contributed by atoms with Crippen LogP contribution >= 0.6 is 0 Å². The van der Waals surface area contributed by atoms with Gasteiger partial charge in [-0.25, -0.2) is 4.98 Å². The fraction of sp³-hybridized carbons (Fsp3) is 0.125. The standard InChI is InChI=1S/C8H7N3O2/c1-10-7(12)4-6(8(10)13)11-3-2-9-5-11/h2-5H,1H3. The molecule has 0 aromatic carbocycles. The maximum Gasteiger partial charge on any atom is 0.277 e. The van der Waals surface area contributed by atoms with Gasteiger partial charge in [-0.2, -0.15) is 0 Å². The molecule has 5 heteroatoms. The third-order valence-electron chi connectivity index (χ3n) is 1.90. The third kappa shape index (κ3) is 1.05. The van der Waals surface area contributed by atoms with Crippen LogP contribution in [0.3, 0.4) is 0 Å². The molecule has 2 amide bonds. The van der Waals surface area contributed by atoms with E-state index >= 15 is 0 Å². The number of likely N-dealkylation sites (N-methyl/N-ethyl adjacent to an activating group) is 1. The Morgan fingerprint density at radius 3 is 2.62 bits per heavy atom. The molecule has 1 aliphatic rings. The van der Waals surface area contributed by atoms with Gasteiger partial charge >= 0.3 is 0 Å². The first-order valence-electron chi connectivity index (χ1n) is 3.72. The zero-order chi connectivity index (χ0) is 9.42. The summed E-state index contributed by atoms with van der Waals surface area (Å²) in [5.74, 6) is -0.600. The summed E-state index contributed by atoms with van der Waals surface area (Å²) in [5.41, 5.74) is 0.338. The van der Waals surface area contributed by atoms with Gasteiger partial charge in [0.25, 0.3) is 11.8 Å². The molecule has 0 saturated heterocycles. The molecule has 0 bridgehead atoms. The molecule has 0 saturated carbocycles. The highest BCUT2D eigenvalue weighted by Gasteiger charge is 2.28. The highest BCUT2D eigenvalue weighted by atomic mass is 16.2. The summed E-state index contributed by atoms with van der Waals surface area (Å²) in [7, 11) is 1.45. The Hall–Kier alpha value is -1.91. The first kappa shape index (κ1) is 7.72. The van der Waals surface area contributed by atoms with Crippen LogP contribution in [0.5, 0.6) is 0 Å². The van der Waals surface area contributed by atoms with Crippen LogP contribution < -0.4 is 0 Å². The van der Waals surface area contributed by atoms with Crippen LogP contribution in [-0.2, 0) is 9.59 Å². The Balaban J connectivity index is 2.42. The van der Waals surface area contributed by atoms with Crippen molar-refractivity contribution in [2.24, 2.45) is 0 Å². The van der Waals surface area contributed by atoms with Gasteiger partial charge in [0.15, 0.2) is 0 Å². The van der Waals surface area contributed by atoms with Crippen LogP contribution in [-0.4, -0.2) is 33.3 Å². The smallest absolute Gasteiger partial charge is 0.277 e. The minimum Gasteiger partial charge on any atom is -0.301 e. The van der Waals surface area contributed by atoms with Crippen molar-refractivity contribution in [3.63, 3.8) is 0 Å². The lowest BCUT2D eigenvalue weighted by Gasteiger charge is -2.06. The van der Waals surface area contributed by atoms with E-state index in [0.717, 1.165) is 4.90 Å². The van der Waals surface area contributed by atoms with Crippen LogP contribution in [0.25, 0.3) is 5.70 Å². The molecule has 1 aliphatic heterocycles. The van der Waals surface area contributed by atoms with E-state index in [4.69, 9.17) is 0 Å². The fourth-order valence-corrected chi connectivity index (χ4v) is 1.13. The maximum absolute atomic E-state index is 11.4. The number of amides is 2. The number of rotatable bonds is 1. The molecule has 0 atom stereocenters. The van der Waals surface area contributed by atoms with Crippen molar-refractivity contribution < 1.29 is 9.59 Å². The largest absolute Gasteiger partial charge is 0.301 e. The zero-order valence-electron chi connectivity index (χ0n) is 6.97. The molecule has 5 nitrogen and oxygen atoms in total. The summed E-state index contributed by atoms with van der Waals surface area (Å²) in [6.45, 7) is 0. The topological polar surface area (TPSA) is 55.2 Å². The van der Waals surface area contributed by atoms with E-state index in [9.17, 15) is 9.59 Å². The molecule has 2 heterocycles. The number of imide groups is 1. The summed E-state index contributed by atoms with van der Waals surface area (Å²) in [4.78, 5) is 27.3. The number of imidazole rings is 1. The van der Waals surface area contributed by atoms with Crippen molar-refractivity contribution in [3.05, 3.63) is 24.8 Å². The first-order chi connectivity index (χ1) is 6.20. The van der Waals surface area contributed by atoms with Crippen molar-refractivity contribution in [1.82, 2.24) is 14.5 Å². The van der Waals surface area contributed by atoms with Crippen LogP contribution in [0.1, 0.15) is 0 Å². The van der Waals surface area contributed by atoms with Crippen LogP contribution in [0, 0.1) is 0 Å². The van der Waals surface area contributed by atoms with Crippen molar-refractivity contribution in [2.45, 2.75) is 0 Å². The van der Waals surface area contributed by atoms with Gasteiger partial charge in [-0.15, -0.1) is 0 Å². The van der Waals surface area contributed by atoms with Crippen molar-refractivity contribution in [3.8, 4) is 0 Å². The van der Waals surface area contributed by atoms with Crippen molar-refractivity contribution >= 4 is 17.5 Å². The summed E-state index contributed by atoms with van der Waals surface area (Å²) in [6.07, 6.45) is 5.95. The van der Waals surface area contributed by atoms with Gasteiger partial charge in [0, 0.05) is 25.5 Å². The molecule has 0 aliphatic carbocycles. The number of carbonyl (C=O) groups excluding carboxylic acids is 2. The summed E-state index contributed by atoms with van der Waals surface area (Å²) >= 11 is 0. The van der Waals surface area contributed by atoms with Crippen LogP contribution in [0.2, 0.25) is 0 Å². The lowest BCUT2D eigenvalue weighted by Crippen LogP contribution is -2.26. The van der Waals surface area contributed by atoms with Crippen molar-refractivity contribution in [2.75, 3.05) is 7.05 Å². The van der Waals surface area contributed by atoms with E-state index in [1.54, 1.807) is 12.4 Å². The Morgan fingerprint density at radius 2 is 2.15 bits per heavy atom. The molecule has 0 N–H and O–H groups in total. The van der Waals surface area contributed by atoms with Gasteiger partial charge in [0.2, 0.25) is 0 Å². The van der Waals surface area contributed by atoms with Gasteiger partial charge < -0.3 is 4.57 Å². The van der Waals surface area contributed by atoms with E-state index in [0.29, 0.717) is 5.70 Å². The predicted molar refractivity (Wildman–Crippen MR) is 44.3 cm³/mol. The van der Waals surface area contributed by atoms with Gasteiger partial charge in [-0.05, 0) is 0 Å². The van der Waals surface area contributed by atoms with Gasteiger partial charge in [0.1, 0.15) is 5.70 Å². The van der Waals surface area contributed by atoms with E-state index in [1.165, 1.54) is 24.0 Å². The number of carbonyl (C=O) groups is 2. The normalized spacial score (nSPS) is 16.7. The average molecular weight is 177 g/mol. The number of hydrogen-bond donors (Lipinski definition) is 0. The minimum absolute atomic E-state index is 0.297. The Bertz CT molecular complexity index is 392. The maximum atomic E-state index is 11.4. The minimum atomic E-state index is -0.303. The van der Waals surface area contributed by atoms with E-state index in [2.05, 4.69) is 4.98 Å². The molecule has 0 fully saturated rings. The molecule has 1 aromatic rings. The lowest BCUT2D eigenvalue weighted by atomic mass is 10.4. The van der Waals surface area contributed by atoms with Crippen LogP contribution in [0.4, 0.5) is 0 Å². The third-order valence-corrected chi connectivity index (χ3v) is 1.90. The highest BCUT2D eigenvalue weighted by molar-refractivity contribution is 6.29. The summed E-state index contributed by atoms with van der Waals surface area (Å²) in [5, 5.41) is 0. The quantitative estimate of drug-likeness (QED) is 0.554. The molecule has 0 spiro atoms. The molecule has 0 unspecified atom stereocenters. The van der Waals surface area contributed by atoms with Gasteiger partial charge in [-0.1, -0.05) is 0 Å². The molecular weight excluding hydrogens is 170 g/mol. The number of hydrogen-bond acceptors (Lipinski definition) is 3. The first-order valence-corrected chi connectivity index (χ1v) is 3.72. The van der Waals surface area contributed by atoms with E-state index in [1.807, 2.05) is 0 Å². The molecular formula is C8H7N3O2. The molecule has 2 rings (SSSR count). The Morgan fingerprint density at radius 1 is 1.38 bits per heavy atom. The van der Waals surface area contributed by atoms with E-state index in [-0.39, 0.29) is 11.8 Å². The highest BCUT2D eigenvalue weighted by Crippen LogP contribution is 2.14. The second-order valence-electron chi connectivity index (χ2n) is 2.70. The summed E-state index contributed by atoms with van der Waals surface area (Å²) < 4.78 is 1.52. The second-order valence-corrected chi connectivity index (χ2v) is 2.70. The Kier molecular flexibility index (Phi) is 1.51. The van der Waals surface area contributed by atoms with Gasteiger partial charge in [0.05, 0.1) is 6.33 Å². The number of nitrogens with zero attached hydrogens (tertiary/aromatic N) is 3. The SMILES string of the molecule is CN1C(=O)C=C(n2ccnc2)C1=O. The molecule has 13 heavy (non-hydrogen) atoms. The second kappa shape index (κ2) is 2.55. The van der Waals surface area contributed by atoms with E-state index < -0.39 is 0 Å². The summed E-state index contributed by atoms with van der Waals surface area (Å²) in [6, 6.07) is 0. The van der Waals surface area contributed by atoms with Crippen LogP contribution in [0.15, 0.2) is 24.8 Å². The Labute approximate surface area is 74.3 Å².